The average molecular weight is 200 g/mol. The van der Waals surface area contributed by atoms with Gasteiger partial charge in [0, 0.05) is 19.0 Å². The van der Waals surface area contributed by atoms with Crippen LogP contribution in [0.25, 0.3) is 0 Å². The van der Waals surface area contributed by atoms with E-state index in [0.717, 1.165) is 0 Å². The first-order valence-corrected chi connectivity index (χ1v) is 3.10. The molecule has 0 saturated heterocycles. The van der Waals surface area contributed by atoms with Crippen LogP contribution < -0.4 is 10.2 Å². The van der Waals surface area contributed by atoms with Crippen molar-refractivity contribution >= 4 is 49.7 Å². The minimum atomic E-state index is -1.53. The fraction of sp³-hybridized carbons (Fsp3) is 0.667. The summed E-state index contributed by atoms with van der Waals surface area (Å²) in [6.07, 6.45) is -2.07. The van der Waals surface area contributed by atoms with Gasteiger partial charge < -0.3 is 24.5 Å². The second kappa shape index (κ2) is 7.79. The van der Waals surface area contributed by atoms with Gasteiger partial charge >= 0.3 is 37.7 Å². The first kappa shape index (κ1) is 14.7. The van der Waals surface area contributed by atoms with Crippen LogP contribution in [0.15, 0.2) is 0 Å². The molecule has 0 aromatic carbocycles. The minimum absolute atomic E-state index is 0. The van der Waals surface area contributed by atoms with E-state index in [2.05, 4.69) is 4.74 Å². The molecule has 0 aliphatic carbocycles. The summed E-state index contributed by atoms with van der Waals surface area (Å²) in [7, 11) is 0. The third-order valence-corrected chi connectivity index (χ3v) is 0.983. The average Bonchev–Trinajstić information content (AvgIpc) is 1.86. The fourth-order valence-electron chi connectivity index (χ4n) is 0.563. The van der Waals surface area contributed by atoms with Crippen molar-refractivity contribution in [2.75, 3.05) is 6.61 Å². The van der Waals surface area contributed by atoms with E-state index in [0.29, 0.717) is 0 Å². The van der Waals surface area contributed by atoms with Crippen molar-refractivity contribution in [2.24, 2.45) is 0 Å². The molecule has 0 saturated carbocycles. The molecule has 0 heterocycles. The van der Waals surface area contributed by atoms with Crippen LogP contribution in [-0.2, 0) is 14.3 Å². The molecule has 0 radical (unpaired) electrons. The summed E-state index contributed by atoms with van der Waals surface area (Å²) in [5, 5.41) is 20.0. The van der Waals surface area contributed by atoms with E-state index in [1.54, 1.807) is 6.92 Å². The Labute approximate surface area is 99.7 Å². The van der Waals surface area contributed by atoms with E-state index in [1.165, 1.54) is 0 Å². The Morgan fingerprint density at radius 1 is 1.42 bits per heavy atom. The summed E-state index contributed by atoms with van der Waals surface area (Å²) in [5.74, 6) is -3.00. The Kier molecular flexibility index (Phi) is 9.52. The van der Waals surface area contributed by atoms with Gasteiger partial charge in [0.2, 0.25) is 0 Å². The van der Waals surface area contributed by atoms with Gasteiger partial charge in [0.1, 0.15) is 6.10 Å². The number of rotatable bonds is 5. The molecule has 0 aromatic rings. The number of ether oxygens (including phenoxy) is 1. The van der Waals surface area contributed by atoms with Gasteiger partial charge in [-0.15, -0.1) is 0 Å². The fourth-order valence-corrected chi connectivity index (χ4v) is 0.563. The minimum Gasteiger partial charge on any atom is -0.550 e. The monoisotopic (exact) mass is 200 g/mol. The number of hydrogen-bond donors (Lipinski definition) is 0. The normalized spacial score (nSPS) is 11.4. The molecule has 0 spiro atoms. The molecule has 5 nitrogen and oxygen atoms in total. The summed E-state index contributed by atoms with van der Waals surface area (Å²) in [5.41, 5.74) is 0. The summed E-state index contributed by atoms with van der Waals surface area (Å²) < 4.78 is 4.53. The maximum absolute atomic E-state index is 10.1. The zero-order chi connectivity index (χ0) is 8.85. The molecule has 0 unspecified atom stereocenters. The summed E-state index contributed by atoms with van der Waals surface area (Å²) in [6.45, 7) is 1.69. The van der Waals surface area contributed by atoms with Crippen molar-refractivity contribution in [3.8, 4) is 0 Å². The molecule has 0 N–H and O–H groups in total. The molecular formula is C6H8CaO5. The van der Waals surface area contributed by atoms with Crippen molar-refractivity contribution in [1.82, 2.24) is 0 Å². The molecule has 0 bridgehead atoms. The molecule has 12 heavy (non-hydrogen) atoms. The van der Waals surface area contributed by atoms with Crippen molar-refractivity contribution in [1.29, 1.82) is 0 Å². The third kappa shape index (κ3) is 6.84. The van der Waals surface area contributed by atoms with Crippen LogP contribution in [0.1, 0.15) is 13.3 Å². The van der Waals surface area contributed by atoms with E-state index in [-0.39, 0.29) is 44.3 Å². The number of hydrogen-bond acceptors (Lipinski definition) is 5. The van der Waals surface area contributed by atoms with Crippen LogP contribution in [-0.4, -0.2) is 62.4 Å². The van der Waals surface area contributed by atoms with E-state index >= 15 is 0 Å². The summed E-state index contributed by atoms with van der Waals surface area (Å²) >= 11 is 0. The summed E-state index contributed by atoms with van der Waals surface area (Å²) in [6, 6.07) is 0. The molecule has 0 aliphatic heterocycles. The molecule has 64 valence electrons. The Bertz CT molecular complexity index is 158. The molecule has 0 fully saturated rings. The molecule has 0 aliphatic rings. The van der Waals surface area contributed by atoms with E-state index in [1.807, 2.05) is 0 Å². The number of carboxylic acids is 2. The number of aliphatic carboxylic acids is 2. The van der Waals surface area contributed by atoms with Gasteiger partial charge in [-0.2, -0.15) is 0 Å². The molecule has 0 rings (SSSR count). The van der Waals surface area contributed by atoms with Gasteiger partial charge in [-0.3, -0.25) is 0 Å². The van der Waals surface area contributed by atoms with Crippen molar-refractivity contribution in [3.05, 3.63) is 0 Å². The van der Waals surface area contributed by atoms with Gasteiger partial charge in [0.25, 0.3) is 0 Å². The second-order valence-corrected chi connectivity index (χ2v) is 1.84. The Morgan fingerprint density at radius 3 is 2.17 bits per heavy atom. The molecule has 6 heteroatoms. The predicted octanol–water partition coefficient (Wildman–Crippen LogP) is -3.10. The first-order chi connectivity index (χ1) is 5.07. The van der Waals surface area contributed by atoms with Gasteiger partial charge in [-0.05, 0) is 6.92 Å². The van der Waals surface area contributed by atoms with Gasteiger partial charge in [-0.1, -0.05) is 0 Å². The SMILES string of the molecule is CCO[C@H](CC(=O)[O-])C(=O)[O-].[Ca+2]. The molecule has 1 atom stereocenters. The van der Waals surface area contributed by atoms with Crippen molar-refractivity contribution in [2.45, 2.75) is 19.4 Å². The maximum Gasteiger partial charge on any atom is 2.00 e. The quantitative estimate of drug-likeness (QED) is 0.438. The van der Waals surface area contributed by atoms with Crippen molar-refractivity contribution < 1.29 is 24.5 Å². The zero-order valence-electron chi connectivity index (χ0n) is 6.74. The molecule has 0 amide bonds. The van der Waals surface area contributed by atoms with Crippen LogP contribution >= 0.6 is 0 Å². The topological polar surface area (TPSA) is 89.5 Å². The van der Waals surface area contributed by atoms with E-state index < -0.39 is 24.5 Å². The zero-order valence-corrected chi connectivity index (χ0v) is 8.95. The van der Waals surface area contributed by atoms with Gasteiger partial charge in [0.15, 0.2) is 0 Å². The maximum atomic E-state index is 10.1. The molecule has 0 aromatic heterocycles. The number of carbonyl (C=O) groups is 2. The molecular weight excluding hydrogens is 192 g/mol. The Morgan fingerprint density at radius 2 is 1.92 bits per heavy atom. The van der Waals surface area contributed by atoms with Crippen LogP contribution in [0.4, 0.5) is 0 Å². The third-order valence-electron chi connectivity index (χ3n) is 0.983. The Hall–Kier alpha value is 0.160. The van der Waals surface area contributed by atoms with Crippen LogP contribution in [0.5, 0.6) is 0 Å². The smallest absolute Gasteiger partial charge is 0.550 e. The van der Waals surface area contributed by atoms with Gasteiger partial charge in [-0.25, -0.2) is 0 Å². The van der Waals surface area contributed by atoms with Crippen molar-refractivity contribution in [3.63, 3.8) is 0 Å². The van der Waals surface area contributed by atoms with E-state index in [4.69, 9.17) is 0 Å². The Balaban J connectivity index is 0. The standard InChI is InChI=1S/C6H10O5.Ca/c1-2-11-4(6(9)10)3-5(7)8;/h4H,2-3H2,1H3,(H,7,8)(H,9,10);/q;+2/p-2/t4-;/m1./s1. The number of carboxylic acid groups (broad SMARTS) is 2. The largest absolute Gasteiger partial charge is 2.00 e. The van der Waals surface area contributed by atoms with Crippen LogP contribution in [0.3, 0.4) is 0 Å². The van der Waals surface area contributed by atoms with Crippen LogP contribution in [0.2, 0.25) is 0 Å². The predicted molar refractivity (Wildman–Crippen MR) is 35.8 cm³/mol. The number of carbonyl (C=O) groups excluding carboxylic acids is 2. The van der Waals surface area contributed by atoms with E-state index in [9.17, 15) is 19.8 Å². The van der Waals surface area contributed by atoms with Crippen LogP contribution in [0, 0.1) is 0 Å². The van der Waals surface area contributed by atoms with Gasteiger partial charge in [0.05, 0.1) is 5.97 Å². The summed E-state index contributed by atoms with van der Waals surface area (Å²) in [4.78, 5) is 20.0. The second-order valence-electron chi connectivity index (χ2n) is 1.84. The first-order valence-electron chi connectivity index (χ1n) is 3.10.